The maximum Gasteiger partial charge on any atom is 0.324 e. The molecule has 1 aromatic rings. The molecular weight excluding hydrogens is 218 g/mol. The van der Waals surface area contributed by atoms with Crippen molar-refractivity contribution in [2.75, 3.05) is 0 Å². The van der Waals surface area contributed by atoms with Crippen LogP contribution in [0.1, 0.15) is 11.7 Å². The number of urea groups is 2. The Hall–Kier alpha value is -1.75. The lowest BCUT2D eigenvalue weighted by Gasteiger charge is -2.25. The third-order valence-corrected chi connectivity index (χ3v) is 2.34. The van der Waals surface area contributed by atoms with Gasteiger partial charge in [0.15, 0.2) is 0 Å². The fraction of sp³-hybridized carbons (Fsp3) is 0.111. The fourth-order valence-electron chi connectivity index (χ4n) is 1.34. The van der Waals surface area contributed by atoms with Crippen LogP contribution in [0.2, 0.25) is 5.02 Å². The van der Waals surface area contributed by atoms with Crippen LogP contribution >= 0.6 is 11.6 Å². The minimum atomic E-state index is -0.583. The van der Waals surface area contributed by atoms with Crippen molar-refractivity contribution in [3.63, 3.8) is 0 Å². The van der Waals surface area contributed by atoms with Crippen molar-refractivity contribution in [2.24, 2.45) is 0 Å². The highest BCUT2D eigenvalue weighted by Crippen LogP contribution is 2.21. The van der Waals surface area contributed by atoms with Crippen molar-refractivity contribution < 1.29 is 9.59 Å². The van der Waals surface area contributed by atoms with Crippen LogP contribution in [0.3, 0.4) is 0 Å². The number of rotatable bonds is 1. The SMILES string of the molecule is O=C1NC(=O)NC(c2ccccc2Cl)N1. The minimum Gasteiger partial charge on any atom is -0.313 e. The lowest BCUT2D eigenvalue weighted by Crippen LogP contribution is -2.57. The van der Waals surface area contributed by atoms with E-state index < -0.39 is 18.2 Å². The van der Waals surface area contributed by atoms with Crippen molar-refractivity contribution >= 4 is 23.7 Å². The van der Waals surface area contributed by atoms with Gasteiger partial charge in [0, 0.05) is 10.6 Å². The third-order valence-electron chi connectivity index (χ3n) is 1.99. The first-order valence-corrected chi connectivity index (χ1v) is 4.67. The summed E-state index contributed by atoms with van der Waals surface area (Å²) in [5.74, 6) is 0. The van der Waals surface area contributed by atoms with Crippen LogP contribution in [0, 0.1) is 0 Å². The van der Waals surface area contributed by atoms with Crippen molar-refractivity contribution in [1.29, 1.82) is 0 Å². The number of benzene rings is 1. The monoisotopic (exact) mass is 225 g/mol. The molecule has 5 nitrogen and oxygen atoms in total. The van der Waals surface area contributed by atoms with Gasteiger partial charge in [-0.3, -0.25) is 5.32 Å². The normalized spacial score (nSPS) is 16.6. The van der Waals surface area contributed by atoms with Gasteiger partial charge in [0.05, 0.1) is 0 Å². The van der Waals surface area contributed by atoms with Gasteiger partial charge in [0.2, 0.25) is 0 Å². The molecule has 1 heterocycles. The molecule has 0 atom stereocenters. The lowest BCUT2D eigenvalue weighted by atomic mass is 10.1. The first-order chi connectivity index (χ1) is 7.16. The zero-order valence-corrected chi connectivity index (χ0v) is 8.34. The Kier molecular flexibility index (Phi) is 2.47. The number of hydrogen-bond donors (Lipinski definition) is 3. The van der Waals surface area contributed by atoms with Gasteiger partial charge in [0.25, 0.3) is 0 Å². The van der Waals surface area contributed by atoms with Crippen LogP contribution in [-0.4, -0.2) is 12.1 Å². The third kappa shape index (κ3) is 2.02. The van der Waals surface area contributed by atoms with Crippen molar-refractivity contribution in [3.8, 4) is 0 Å². The van der Waals surface area contributed by atoms with E-state index in [2.05, 4.69) is 16.0 Å². The first-order valence-electron chi connectivity index (χ1n) is 4.29. The average molecular weight is 226 g/mol. The molecule has 78 valence electrons. The van der Waals surface area contributed by atoms with E-state index in [0.717, 1.165) is 0 Å². The quantitative estimate of drug-likeness (QED) is 0.676. The number of halogens is 1. The Labute approximate surface area is 90.8 Å². The number of hydrogen-bond acceptors (Lipinski definition) is 2. The van der Waals surface area contributed by atoms with Gasteiger partial charge >= 0.3 is 12.1 Å². The molecule has 0 aromatic heterocycles. The van der Waals surface area contributed by atoms with Crippen LogP contribution in [0.4, 0.5) is 9.59 Å². The smallest absolute Gasteiger partial charge is 0.313 e. The molecule has 0 radical (unpaired) electrons. The van der Waals surface area contributed by atoms with Gasteiger partial charge in [-0.1, -0.05) is 29.8 Å². The van der Waals surface area contributed by atoms with Gasteiger partial charge in [-0.15, -0.1) is 0 Å². The van der Waals surface area contributed by atoms with E-state index in [9.17, 15) is 9.59 Å². The van der Waals surface area contributed by atoms with E-state index in [0.29, 0.717) is 10.6 Å². The molecule has 15 heavy (non-hydrogen) atoms. The molecule has 1 aliphatic rings. The summed E-state index contributed by atoms with van der Waals surface area (Å²) in [5.41, 5.74) is 0.655. The predicted octanol–water partition coefficient (Wildman–Crippen LogP) is 1.36. The van der Waals surface area contributed by atoms with Gasteiger partial charge in [-0.25, -0.2) is 9.59 Å². The molecule has 0 saturated carbocycles. The molecule has 6 heteroatoms. The van der Waals surface area contributed by atoms with Crippen LogP contribution < -0.4 is 16.0 Å². The van der Waals surface area contributed by atoms with Crippen LogP contribution in [0.25, 0.3) is 0 Å². The van der Waals surface area contributed by atoms with Crippen molar-refractivity contribution in [2.45, 2.75) is 6.17 Å². The van der Waals surface area contributed by atoms with E-state index >= 15 is 0 Å². The van der Waals surface area contributed by atoms with Gasteiger partial charge in [0.1, 0.15) is 6.17 Å². The van der Waals surface area contributed by atoms with Crippen LogP contribution in [-0.2, 0) is 0 Å². The summed E-state index contributed by atoms with van der Waals surface area (Å²) in [4.78, 5) is 22.1. The number of imide groups is 1. The molecule has 1 saturated heterocycles. The Balaban J connectivity index is 2.27. The van der Waals surface area contributed by atoms with Gasteiger partial charge < -0.3 is 10.6 Å². The summed E-state index contributed by atoms with van der Waals surface area (Å²) < 4.78 is 0. The molecule has 0 bridgehead atoms. The molecule has 0 unspecified atom stereocenters. The molecule has 1 fully saturated rings. The zero-order chi connectivity index (χ0) is 10.8. The average Bonchev–Trinajstić information content (AvgIpc) is 2.16. The van der Waals surface area contributed by atoms with Crippen molar-refractivity contribution in [1.82, 2.24) is 16.0 Å². The molecule has 2 rings (SSSR count). The molecule has 0 spiro atoms. The van der Waals surface area contributed by atoms with Crippen molar-refractivity contribution in [3.05, 3.63) is 34.9 Å². The zero-order valence-electron chi connectivity index (χ0n) is 7.58. The maximum absolute atomic E-state index is 11.0. The summed E-state index contributed by atoms with van der Waals surface area (Å²) in [5, 5.41) is 7.62. The second-order valence-corrected chi connectivity index (χ2v) is 3.43. The summed E-state index contributed by atoms with van der Waals surface area (Å²) >= 11 is 5.93. The minimum absolute atomic E-state index is 0.491. The highest BCUT2D eigenvalue weighted by molar-refractivity contribution is 6.31. The fourth-order valence-corrected chi connectivity index (χ4v) is 1.58. The van der Waals surface area contributed by atoms with E-state index in [4.69, 9.17) is 11.6 Å². The van der Waals surface area contributed by atoms with Gasteiger partial charge in [-0.2, -0.15) is 0 Å². The number of amides is 4. The maximum atomic E-state index is 11.0. The van der Waals surface area contributed by atoms with E-state index in [1.54, 1.807) is 24.3 Å². The Morgan fingerprint density at radius 2 is 1.67 bits per heavy atom. The second kappa shape index (κ2) is 3.78. The van der Waals surface area contributed by atoms with E-state index in [1.807, 2.05) is 0 Å². The first kappa shape index (κ1) is 9.79. The summed E-state index contributed by atoms with van der Waals surface area (Å²) in [6.07, 6.45) is -0.583. The Morgan fingerprint density at radius 3 is 2.27 bits per heavy atom. The Bertz CT molecular complexity index is 406. The highest BCUT2D eigenvalue weighted by Gasteiger charge is 2.24. The largest absolute Gasteiger partial charge is 0.324 e. The molecule has 1 aliphatic heterocycles. The predicted molar refractivity (Wildman–Crippen MR) is 54.4 cm³/mol. The Morgan fingerprint density at radius 1 is 1.07 bits per heavy atom. The van der Waals surface area contributed by atoms with Crippen LogP contribution in [0.5, 0.6) is 0 Å². The second-order valence-electron chi connectivity index (χ2n) is 3.03. The molecule has 4 amide bonds. The van der Waals surface area contributed by atoms with E-state index in [-0.39, 0.29) is 0 Å². The topological polar surface area (TPSA) is 70.2 Å². The molecular formula is C9H8ClN3O2. The summed E-state index contributed by atoms with van der Waals surface area (Å²) in [6.45, 7) is 0. The number of nitrogens with one attached hydrogen (secondary N) is 3. The standard InChI is InChI=1S/C9H8ClN3O2/c10-6-4-2-1-3-5(6)7-11-8(14)13-9(15)12-7/h1-4,7H,(H3,11,12,13,14,15). The lowest BCUT2D eigenvalue weighted by molar-refractivity contribution is 0.209. The van der Waals surface area contributed by atoms with Gasteiger partial charge in [-0.05, 0) is 6.07 Å². The van der Waals surface area contributed by atoms with E-state index in [1.165, 1.54) is 0 Å². The number of carbonyl (C=O) groups is 2. The van der Waals surface area contributed by atoms with Crippen LogP contribution in [0.15, 0.2) is 24.3 Å². The summed E-state index contributed by atoms with van der Waals surface area (Å²) in [6, 6.07) is 5.90. The highest BCUT2D eigenvalue weighted by atomic mass is 35.5. The number of carbonyl (C=O) groups excluding carboxylic acids is 2. The molecule has 3 N–H and O–H groups in total. The molecule has 0 aliphatic carbocycles. The molecule has 1 aromatic carbocycles. The summed E-state index contributed by atoms with van der Waals surface area (Å²) in [7, 11) is 0.